The number of rotatable bonds is 4. The zero-order valence-corrected chi connectivity index (χ0v) is 21.9. The predicted molar refractivity (Wildman–Crippen MR) is 147 cm³/mol. The van der Waals surface area contributed by atoms with Crippen LogP contribution in [0.2, 0.25) is 5.02 Å². The first kappa shape index (κ1) is 24.9. The third-order valence-corrected chi connectivity index (χ3v) is 8.10. The van der Waals surface area contributed by atoms with Gasteiger partial charge in [-0.3, -0.25) is 4.79 Å². The van der Waals surface area contributed by atoms with Crippen LogP contribution in [0.3, 0.4) is 0 Å². The third kappa shape index (κ3) is 4.34. The summed E-state index contributed by atoms with van der Waals surface area (Å²) in [6.45, 7) is 3.77. The van der Waals surface area contributed by atoms with Gasteiger partial charge in [-0.25, -0.2) is 0 Å². The molecule has 1 unspecified atom stereocenters. The molecule has 3 fully saturated rings. The lowest BCUT2D eigenvalue weighted by Crippen LogP contribution is -2.57. The van der Waals surface area contributed by atoms with Gasteiger partial charge in [-0.1, -0.05) is 72.3 Å². The van der Waals surface area contributed by atoms with Crippen molar-refractivity contribution in [2.45, 2.75) is 24.5 Å². The van der Waals surface area contributed by atoms with Crippen molar-refractivity contribution >= 4 is 35.6 Å². The summed E-state index contributed by atoms with van der Waals surface area (Å²) in [7, 11) is 2.04. The van der Waals surface area contributed by atoms with Crippen molar-refractivity contribution in [3.8, 4) is 5.75 Å². The molecule has 3 aromatic rings. The highest BCUT2D eigenvalue weighted by molar-refractivity contribution is 6.31. The van der Waals surface area contributed by atoms with Gasteiger partial charge in [0.2, 0.25) is 0 Å². The summed E-state index contributed by atoms with van der Waals surface area (Å²) in [5.41, 5.74) is 2.65. The van der Waals surface area contributed by atoms with Crippen molar-refractivity contribution < 1.29 is 9.53 Å². The normalized spacial score (nSPS) is 23.7. The molecule has 0 aliphatic carbocycles. The molecule has 4 aliphatic heterocycles. The monoisotopic (exact) mass is 523 g/mol. The van der Waals surface area contributed by atoms with Gasteiger partial charge in [0.1, 0.15) is 0 Å². The van der Waals surface area contributed by atoms with Crippen molar-refractivity contribution in [3.05, 3.63) is 94.5 Å². The number of benzene rings is 3. The number of nitrogens with zero attached hydrogens (tertiary/aromatic N) is 2. The molecule has 1 atom stereocenters. The van der Waals surface area contributed by atoms with Crippen LogP contribution in [0.5, 0.6) is 5.75 Å². The number of nitrogens with one attached hydrogen (secondary N) is 1. The summed E-state index contributed by atoms with van der Waals surface area (Å²) < 4.78 is 6.95. The molecule has 3 aromatic carbocycles. The van der Waals surface area contributed by atoms with Crippen molar-refractivity contribution in [1.29, 1.82) is 0 Å². The second-order valence-electron chi connectivity index (χ2n) is 10.0. The predicted octanol–water partition coefficient (Wildman–Crippen LogP) is 5.36. The van der Waals surface area contributed by atoms with Crippen LogP contribution >= 0.6 is 24.0 Å². The fourth-order valence-electron chi connectivity index (χ4n) is 6.02. The van der Waals surface area contributed by atoms with Crippen molar-refractivity contribution in [2.75, 3.05) is 38.1 Å². The Balaban J connectivity index is 0.00000267. The average molecular weight is 524 g/mol. The van der Waals surface area contributed by atoms with Gasteiger partial charge >= 0.3 is 0 Å². The number of carbonyl (C=O) groups is 1. The molecule has 0 saturated carbocycles. The smallest absolute Gasteiger partial charge is 0.255 e. The number of carbonyl (C=O) groups excluding carboxylic acids is 1. The van der Waals surface area contributed by atoms with Gasteiger partial charge in [0.05, 0.1) is 17.8 Å². The lowest BCUT2D eigenvalue weighted by atomic mass is 9.83. The van der Waals surface area contributed by atoms with Crippen LogP contribution in [0.1, 0.15) is 34.3 Å². The average Bonchev–Trinajstić information content (AvgIpc) is 2.90. The van der Waals surface area contributed by atoms with Crippen LogP contribution < -0.4 is 15.0 Å². The summed E-state index contributed by atoms with van der Waals surface area (Å²) in [5, 5.41) is 3.86. The molecule has 7 rings (SSSR count). The first-order valence-electron chi connectivity index (χ1n) is 12.4. The Morgan fingerprint density at radius 1 is 1.00 bits per heavy atom. The summed E-state index contributed by atoms with van der Waals surface area (Å²) >= 11 is 6.53. The molecule has 4 heterocycles. The van der Waals surface area contributed by atoms with Crippen LogP contribution in [0.25, 0.3) is 0 Å². The first-order valence-corrected chi connectivity index (χ1v) is 12.8. The van der Waals surface area contributed by atoms with Gasteiger partial charge in [0.25, 0.3) is 5.91 Å². The fourth-order valence-corrected chi connectivity index (χ4v) is 6.23. The second-order valence-corrected chi connectivity index (χ2v) is 10.5. The van der Waals surface area contributed by atoms with E-state index in [1.165, 1.54) is 0 Å². The SMILES string of the molecule is CN1CC(c2ccccc2)(c2ccccc2)Oc2c(C(=O)NC3CN4CCC3CC4)cc(Cl)cc21.Cl. The van der Waals surface area contributed by atoms with E-state index >= 15 is 0 Å². The highest BCUT2D eigenvalue weighted by Crippen LogP contribution is 2.47. The third-order valence-electron chi connectivity index (χ3n) is 7.88. The standard InChI is InChI=1S/C29H30ClN3O2.ClH/c1-32-19-29(21-8-4-2-5-9-21,22-10-6-3-7-11-22)35-27-24(16-23(30)17-26(27)32)28(34)31-25-18-33-14-12-20(25)13-15-33;/h2-11,16-17,20,25H,12-15,18-19H2,1H3,(H,31,34);1H. The van der Waals surface area contributed by atoms with E-state index in [1.54, 1.807) is 6.07 Å². The molecule has 36 heavy (non-hydrogen) atoms. The maximum Gasteiger partial charge on any atom is 0.255 e. The number of hydrogen-bond donors (Lipinski definition) is 1. The maximum absolute atomic E-state index is 13.7. The van der Waals surface area contributed by atoms with Gasteiger partial charge in [0.15, 0.2) is 11.4 Å². The summed E-state index contributed by atoms with van der Waals surface area (Å²) in [4.78, 5) is 18.3. The van der Waals surface area contributed by atoms with Crippen molar-refractivity contribution in [3.63, 3.8) is 0 Å². The summed E-state index contributed by atoms with van der Waals surface area (Å²) in [6.07, 6.45) is 2.28. The number of amides is 1. The van der Waals surface area contributed by atoms with Gasteiger partial charge < -0.3 is 19.9 Å². The Morgan fingerprint density at radius 2 is 1.61 bits per heavy atom. The molecule has 3 saturated heterocycles. The minimum Gasteiger partial charge on any atom is -0.473 e. The molecular weight excluding hydrogens is 493 g/mol. The topological polar surface area (TPSA) is 44.8 Å². The minimum atomic E-state index is -0.761. The first-order chi connectivity index (χ1) is 17.0. The molecule has 1 N–H and O–H groups in total. The maximum atomic E-state index is 13.7. The fraction of sp³-hybridized carbons (Fsp3) is 0.345. The van der Waals surface area contributed by atoms with Crippen LogP contribution in [0.15, 0.2) is 72.8 Å². The Hall–Kier alpha value is -2.73. The molecular formula is C29H31Cl2N3O2. The Morgan fingerprint density at radius 3 is 2.17 bits per heavy atom. The van der Waals surface area contributed by atoms with Crippen LogP contribution in [0.4, 0.5) is 5.69 Å². The molecule has 1 amide bonds. The lowest BCUT2D eigenvalue weighted by molar-refractivity contribution is 0.0610. The zero-order valence-electron chi connectivity index (χ0n) is 20.3. The minimum absolute atomic E-state index is 0. The number of ether oxygens (including phenoxy) is 1. The van der Waals surface area contributed by atoms with Crippen LogP contribution in [-0.2, 0) is 5.60 Å². The molecule has 0 spiro atoms. The van der Waals surface area contributed by atoms with Crippen LogP contribution in [-0.4, -0.2) is 50.1 Å². The highest BCUT2D eigenvalue weighted by atomic mass is 35.5. The van der Waals surface area contributed by atoms with Gasteiger partial charge in [-0.15, -0.1) is 12.4 Å². The lowest BCUT2D eigenvalue weighted by Gasteiger charge is -2.46. The number of anilines is 1. The molecule has 5 nitrogen and oxygen atoms in total. The number of hydrogen-bond acceptors (Lipinski definition) is 4. The van der Waals surface area contributed by atoms with Gasteiger partial charge in [-0.2, -0.15) is 0 Å². The zero-order chi connectivity index (χ0) is 24.0. The molecule has 2 bridgehead atoms. The van der Waals surface area contributed by atoms with E-state index in [-0.39, 0.29) is 24.4 Å². The van der Waals surface area contributed by atoms with Crippen molar-refractivity contribution in [2.24, 2.45) is 5.92 Å². The number of likely N-dealkylation sites (N-methyl/N-ethyl adjacent to an activating group) is 1. The Bertz CT molecular complexity index is 1190. The number of halogens is 2. The van der Waals surface area contributed by atoms with E-state index in [0.717, 1.165) is 49.3 Å². The largest absolute Gasteiger partial charge is 0.473 e. The molecule has 0 aromatic heterocycles. The van der Waals surface area contributed by atoms with E-state index < -0.39 is 5.60 Å². The molecule has 188 valence electrons. The molecule has 7 heteroatoms. The molecule has 0 radical (unpaired) electrons. The Kier molecular flexibility index (Phi) is 6.90. The van der Waals surface area contributed by atoms with E-state index in [1.807, 2.05) is 49.5 Å². The number of piperidine rings is 3. The quantitative estimate of drug-likeness (QED) is 0.500. The summed E-state index contributed by atoms with van der Waals surface area (Å²) in [6, 6.07) is 24.3. The Labute approximate surface area is 223 Å². The van der Waals surface area contributed by atoms with E-state index in [0.29, 0.717) is 28.8 Å². The molecule has 4 aliphatic rings. The second kappa shape index (κ2) is 9.97. The number of fused-ring (bicyclic) bond motifs is 4. The van der Waals surface area contributed by atoms with E-state index in [9.17, 15) is 4.79 Å². The van der Waals surface area contributed by atoms with Crippen LogP contribution in [0, 0.1) is 5.92 Å². The van der Waals surface area contributed by atoms with E-state index in [4.69, 9.17) is 16.3 Å². The van der Waals surface area contributed by atoms with Crippen molar-refractivity contribution in [1.82, 2.24) is 10.2 Å². The van der Waals surface area contributed by atoms with E-state index in [2.05, 4.69) is 39.4 Å². The van der Waals surface area contributed by atoms with Gasteiger partial charge in [0, 0.05) is 35.8 Å². The summed E-state index contributed by atoms with van der Waals surface area (Å²) in [5.74, 6) is 0.998. The van der Waals surface area contributed by atoms with Gasteiger partial charge in [-0.05, 0) is 44.0 Å². The highest BCUT2D eigenvalue weighted by Gasteiger charge is 2.44.